The van der Waals surface area contributed by atoms with Gasteiger partial charge in [-0.2, -0.15) is 0 Å². The van der Waals surface area contributed by atoms with Gasteiger partial charge >= 0.3 is 0 Å². The van der Waals surface area contributed by atoms with Crippen molar-refractivity contribution in [2.75, 3.05) is 26.7 Å². The number of carbonyl (C=O) groups is 2. The number of amides is 1. The number of likely N-dealkylation sites (tertiary alicyclic amines) is 1. The average molecular weight is 420 g/mol. The molecule has 6 nitrogen and oxygen atoms in total. The highest BCUT2D eigenvalue weighted by atomic mass is 35.5. The zero-order chi connectivity index (χ0) is 20.4. The summed E-state index contributed by atoms with van der Waals surface area (Å²) in [5, 5.41) is 7.33. The molecule has 29 heavy (non-hydrogen) atoms. The first-order valence-electron chi connectivity index (χ1n) is 10.6. The summed E-state index contributed by atoms with van der Waals surface area (Å²) in [4.78, 5) is 27.7. The van der Waals surface area contributed by atoms with E-state index in [-0.39, 0.29) is 35.9 Å². The number of hydrogen-bond acceptors (Lipinski definition) is 5. The van der Waals surface area contributed by atoms with Gasteiger partial charge < -0.3 is 15.4 Å². The number of benzene rings is 1. The number of nitrogens with one attached hydrogen (secondary N) is 2. The molecule has 0 radical (unpaired) electrons. The summed E-state index contributed by atoms with van der Waals surface area (Å²) < 4.78 is 5.65. The molecule has 2 N–H and O–H groups in total. The van der Waals surface area contributed by atoms with E-state index < -0.39 is 0 Å². The molecule has 3 fully saturated rings. The summed E-state index contributed by atoms with van der Waals surface area (Å²) >= 11 is 6.15. The third kappa shape index (κ3) is 4.50. The summed E-state index contributed by atoms with van der Waals surface area (Å²) in [6.45, 7) is 2.20. The summed E-state index contributed by atoms with van der Waals surface area (Å²) in [6, 6.07) is 7.86. The maximum Gasteiger partial charge on any atom is 0.234 e. The summed E-state index contributed by atoms with van der Waals surface area (Å²) in [5.41, 5.74) is 0.906. The predicted molar refractivity (Wildman–Crippen MR) is 112 cm³/mol. The predicted octanol–water partition coefficient (Wildman–Crippen LogP) is 2.00. The summed E-state index contributed by atoms with van der Waals surface area (Å²) in [6.07, 6.45) is 4.02. The monoisotopic (exact) mass is 419 g/mol. The van der Waals surface area contributed by atoms with Gasteiger partial charge in [0.15, 0.2) is 0 Å². The largest absolute Gasteiger partial charge is 0.380 e. The van der Waals surface area contributed by atoms with E-state index in [1.807, 2.05) is 24.3 Å². The van der Waals surface area contributed by atoms with Crippen LogP contribution in [-0.4, -0.2) is 61.5 Å². The molecular weight excluding hydrogens is 390 g/mol. The molecule has 0 aromatic heterocycles. The van der Waals surface area contributed by atoms with Crippen LogP contribution in [0, 0.1) is 11.8 Å². The second-order valence-corrected chi connectivity index (χ2v) is 8.92. The van der Waals surface area contributed by atoms with Crippen LogP contribution in [0.2, 0.25) is 5.02 Å². The number of ketones is 1. The van der Waals surface area contributed by atoms with Crippen LogP contribution < -0.4 is 10.6 Å². The van der Waals surface area contributed by atoms with E-state index in [9.17, 15) is 9.59 Å². The molecule has 158 valence electrons. The van der Waals surface area contributed by atoms with E-state index in [4.69, 9.17) is 16.3 Å². The summed E-state index contributed by atoms with van der Waals surface area (Å²) in [5.74, 6) is 0.345. The van der Waals surface area contributed by atoms with Gasteiger partial charge in [-0.05, 0) is 30.9 Å². The van der Waals surface area contributed by atoms with E-state index in [0.717, 1.165) is 37.8 Å². The molecule has 2 saturated heterocycles. The minimum atomic E-state index is -0.0328. The lowest BCUT2D eigenvalue weighted by atomic mass is 9.69. The van der Waals surface area contributed by atoms with Gasteiger partial charge in [-0.15, -0.1) is 0 Å². The average Bonchev–Trinajstić information content (AvgIpc) is 2.73. The molecule has 2 aliphatic heterocycles. The number of fused-ring (bicyclic) bond motifs is 2. The van der Waals surface area contributed by atoms with Crippen LogP contribution in [0.5, 0.6) is 0 Å². The summed E-state index contributed by atoms with van der Waals surface area (Å²) in [7, 11) is 1.75. The van der Waals surface area contributed by atoms with E-state index in [2.05, 4.69) is 15.5 Å². The van der Waals surface area contributed by atoms with Gasteiger partial charge in [-0.25, -0.2) is 0 Å². The Morgan fingerprint density at radius 2 is 2.10 bits per heavy atom. The Hall–Kier alpha value is -1.47. The van der Waals surface area contributed by atoms with Crippen molar-refractivity contribution in [3.8, 4) is 0 Å². The number of piperidine rings is 2. The van der Waals surface area contributed by atoms with Crippen molar-refractivity contribution in [3.63, 3.8) is 0 Å². The number of ether oxygens (including phenoxy) is 1. The molecule has 1 aromatic carbocycles. The molecule has 5 atom stereocenters. The number of Topliss-reactive ketones (excluding diaryl/α,β-unsaturated/α-hetero) is 1. The Labute approximate surface area is 177 Å². The van der Waals surface area contributed by atoms with Crippen molar-refractivity contribution >= 4 is 23.3 Å². The zero-order valence-electron chi connectivity index (χ0n) is 16.9. The number of halogens is 1. The lowest BCUT2D eigenvalue weighted by Gasteiger charge is -2.49. The Bertz CT molecular complexity index is 759. The van der Waals surface area contributed by atoms with Crippen LogP contribution in [0.4, 0.5) is 0 Å². The standard InChI is InChI=1S/C22H30ClN3O3/c1-29-19-8-4-6-15-21(19)25-18-9-10-26(12-16(18)22(15)28)13-20(27)24-11-14-5-2-3-7-17(14)23/h2-3,5,7,15-16,18-19,21,25H,4,6,8-13H2,1H3,(H,24,27). The fraction of sp³-hybridized carbons (Fsp3) is 0.636. The second-order valence-electron chi connectivity index (χ2n) is 8.51. The third-order valence-corrected chi connectivity index (χ3v) is 7.14. The van der Waals surface area contributed by atoms with Crippen LogP contribution in [0.25, 0.3) is 0 Å². The number of methoxy groups -OCH3 is 1. The highest BCUT2D eigenvalue weighted by Crippen LogP contribution is 2.36. The molecule has 0 bridgehead atoms. The number of nitrogens with zero attached hydrogens (tertiary/aromatic N) is 1. The molecule has 7 heteroatoms. The maximum absolute atomic E-state index is 13.2. The normalized spacial score (nSPS) is 32.3. The molecule has 4 rings (SSSR count). The SMILES string of the molecule is COC1CCCC2C(=O)C3CN(CC(=O)NCc4ccccc4Cl)CCC3NC12. The number of hydrogen-bond donors (Lipinski definition) is 2. The second kappa shape index (κ2) is 9.13. The van der Waals surface area contributed by atoms with E-state index in [1.54, 1.807) is 7.11 Å². The molecule has 3 aliphatic rings. The Balaban J connectivity index is 1.32. The van der Waals surface area contributed by atoms with Crippen molar-refractivity contribution in [2.45, 2.75) is 50.4 Å². The highest BCUT2D eigenvalue weighted by molar-refractivity contribution is 6.31. The van der Waals surface area contributed by atoms with E-state index >= 15 is 0 Å². The zero-order valence-corrected chi connectivity index (χ0v) is 17.7. The molecule has 1 saturated carbocycles. The first kappa shape index (κ1) is 20.8. The van der Waals surface area contributed by atoms with Crippen molar-refractivity contribution in [3.05, 3.63) is 34.9 Å². The van der Waals surface area contributed by atoms with Gasteiger partial charge in [0, 0.05) is 55.7 Å². The molecule has 0 spiro atoms. The van der Waals surface area contributed by atoms with Crippen LogP contribution in [0.1, 0.15) is 31.2 Å². The topological polar surface area (TPSA) is 70.7 Å². The Kier molecular flexibility index (Phi) is 6.54. The van der Waals surface area contributed by atoms with Crippen LogP contribution in [0.3, 0.4) is 0 Å². The molecule has 2 heterocycles. The lowest BCUT2D eigenvalue weighted by Crippen LogP contribution is -2.66. The van der Waals surface area contributed by atoms with Gasteiger partial charge in [-0.3, -0.25) is 14.5 Å². The number of carbonyl (C=O) groups excluding carboxylic acids is 2. The van der Waals surface area contributed by atoms with Gasteiger partial charge in [0.05, 0.1) is 12.6 Å². The van der Waals surface area contributed by atoms with Gasteiger partial charge in [0.1, 0.15) is 5.78 Å². The molecular formula is C22H30ClN3O3. The smallest absolute Gasteiger partial charge is 0.234 e. The highest BCUT2D eigenvalue weighted by Gasteiger charge is 2.49. The van der Waals surface area contributed by atoms with Gasteiger partial charge in [0.25, 0.3) is 0 Å². The van der Waals surface area contributed by atoms with Crippen molar-refractivity contribution in [1.29, 1.82) is 0 Å². The maximum atomic E-state index is 13.2. The van der Waals surface area contributed by atoms with E-state index in [0.29, 0.717) is 30.4 Å². The van der Waals surface area contributed by atoms with Crippen LogP contribution >= 0.6 is 11.6 Å². The quantitative estimate of drug-likeness (QED) is 0.763. The van der Waals surface area contributed by atoms with Gasteiger partial charge in [-0.1, -0.05) is 36.2 Å². The van der Waals surface area contributed by atoms with Crippen molar-refractivity contribution in [2.24, 2.45) is 11.8 Å². The fourth-order valence-electron chi connectivity index (χ4n) is 5.23. The van der Waals surface area contributed by atoms with E-state index in [1.165, 1.54) is 0 Å². The molecule has 5 unspecified atom stereocenters. The first-order chi connectivity index (χ1) is 14.1. The number of rotatable bonds is 5. The molecule has 1 aliphatic carbocycles. The fourth-order valence-corrected chi connectivity index (χ4v) is 5.43. The molecule has 1 amide bonds. The lowest BCUT2D eigenvalue weighted by molar-refractivity contribution is -0.140. The first-order valence-corrected chi connectivity index (χ1v) is 11.0. The van der Waals surface area contributed by atoms with Gasteiger partial charge in [0.2, 0.25) is 5.91 Å². The Morgan fingerprint density at radius 3 is 2.90 bits per heavy atom. The minimum absolute atomic E-state index is 0.0306. The molecule has 1 aromatic rings. The van der Waals surface area contributed by atoms with Crippen molar-refractivity contribution < 1.29 is 14.3 Å². The van der Waals surface area contributed by atoms with Crippen molar-refractivity contribution in [1.82, 2.24) is 15.5 Å². The van der Waals surface area contributed by atoms with Crippen LogP contribution in [0.15, 0.2) is 24.3 Å². The third-order valence-electron chi connectivity index (χ3n) is 6.78. The minimum Gasteiger partial charge on any atom is -0.380 e. The Morgan fingerprint density at radius 1 is 1.28 bits per heavy atom. The van der Waals surface area contributed by atoms with Crippen LogP contribution in [-0.2, 0) is 20.9 Å².